The molecule has 0 aromatic carbocycles. The van der Waals surface area contributed by atoms with Crippen LogP contribution in [-0.2, 0) is 0 Å². The van der Waals surface area contributed by atoms with Gasteiger partial charge in [-0.25, -0.2) is 4.98 Å². The number of pyridine rings is 1. The maximum Gasteiger partial charge on any atom is 0.125 e. The van der Waals surface area contributed by atoms with Crippen molar-refractivity contribution in [3.05, 3.63) is 23.9 Å². The third-order valence-electron chi connectivity index (χ3n) is 3.74. The molecule has 0 amide bonds. The molecule has 1 aliphatic rings. The lowest BCUT2D eigenvalue weighted by Crippen LogP contribution is -2.36. The fourth-order valence-electron chi connectivity index (χ4n) is 2.94. The molecule has 1 aliphatic heterocycles. The highest BCUT2D eigenvalue weighted by atomic mass is 15.2. The van der Waals surface area contributed by atoms with Gasteiger partial charge in [-0.2, -0.15) is 0 Å². The first-order valence-electron chi connectivity index (χ1n) is 7.64. The minimum Gasteiger partial charge on any atom is -0.370 e. The van der Waals surface area contributed by atoms with Gasteiger partial charge in [0.25, 0.3) is 0 Å². The lowest BCUT2D eigenvalue weighted by molar-refractivity contribution is 0.132. The Morgan fingerprint density at radius 1 is 1.37 bits per heavy atom. The van der Waals surface area contributed by atoms with E-state index in [9.17, 15) is 0 Å². The second kappa shape index (κ2) is 6.90. The third-order valence-corrected chi connectivity index (χ3v) is 3.74. The molecule has 1 aromatic heterocycles. The van der Waals surface area contributed by atoms with Crippen LogP contribution in [-0.4, -0.2) is 29.5 Å². The highest BCUT2D eigenvalue weighted by Crippen LogP contribution is 2.31. The topological polar surface area (TPSA) is 28.2 Å². The summed E-state index contributed by atoms with van der Waals surface area (Å²) in [5, 5.41) is 3.26. The molecule has 19 heavy (non-hydrogen) atoms. The molecule has 0 spiro atoms. The van der Waals surface area contributed by atoms with Crippen molar-refractivity contribution in [1.82, 2.24) is 9.88 Å². The molecule has 0 radical (unpaired) electrons. The van der Waals surface area contributed by atoms with Crippen LogP contribution < -0.4 is 5.32 Å². The molecular formula is C16H27N3. The normalized spacial score (nSPS) is 20.7. The molecule has 1 N–H and O–H groups in total. The molecule has 1 saturated heterocycles. The summed E-state index contributed by atoms with van der Waals surface area (Å²) >= 11 is 0. The predicted molar refractivity (Wildman–Crippen MR) is 81.4 cm³/mol. The van der Waals surface area contributed by atoms with Gasteiger partial charge in [-0.3, -0.25) is 4.90 Å². The van der Waals surface area contributed by atoms with Crippen molar-refractivity contribution in [2.24, 2.45) is 5.92 Å². The number of piperidine rings is 1. The summed E-state index contributed by atoms with van der Waals surface area (Å²) in [6, 6.07) is 4.93. The Kier molecular flexibility index (Phi) is 5.20. The van der Waals surface area contributed by atoms with Crippen molar-refractivity contribution in [2.45, 2.75) is 46.1 Å². The van der Waals surface area contributed by atoms with Crippen molar-refractivity contribution in [2.75, 3.05) is 25.0 Å². The van der Waals surface area contributed by atoms with E-state index >= 15 is 0 Å². The fourth-order valence-corrected chi connectivity index (χ4v) is 2.94. The number of hydrogen-bond donors (Lipinski definition) is 1. The van der Waals surface area contributed by atoms with Crippen LogP contribution in [0.15, 0.2) is 18.3 Å². The number of nitrogens with zero attached hydrogens (tertiary/aromatic N) is 2. The molecule has 2 rings (SSSR count). The number of hydrogen-bond acceptors (Lipinski definition) is 3. The zero-order valence-corrected chi connectivity index (χ0v) is 12.5. The first-order chi connectivity index (χ1) is 9.20. The molecule has 3 heteroatoms. The summed E-state index contributed by atoms with van der Waals surface area (Å²) < 4.78 is 0. The van der Waals surface area contributed by atoms with Crippen LogP contribution in [0, 0.1) is 5.92 Å². The first-order valence-corrected chi connectivity index (χ1v) is 7.64. The number of aromatic nitrogens is 1. The first kappa shape index (κ1) is 14.3. The van der Waals surface area contributed by atoms with Crippen molar-refractivity contribution >= 4 is 5.82 Å². The van der Waals surface area contributed by atoms with Crippen LogP contribution in [0.25, 0.3) is 0 Å². The van der Waals surface area contributed by atoms with E-state index in [1.165, 1.54) is 37.9 Å². The van der Waals surface area contributed by atoms with Crippen LogP contribution in [0.4, 0.5) is 5.82 Å². The number of anilines is 1. The maximum atomic E-state index is 4.52. The van der Waals surface area contributed by atoms with Gasteiger partial charge in [0, 0.05) is 25.3 Å². The Bertz CT molecular complexity index is 372. The molecule has 2 heterocycles. The second-order valence-corrected chi connectivity index (χ2v) is 5.91. The highest BCUT2D eigenvalue weighted by Gasteiger charge is 2.24. The summed E-state index contributed by atoms with van der Waals surface area (Å²) in [6.45, 7) is 10.1. The Morgan fingerprint density at radius 3 is 2.84 bits per heavy atom. The smallest absolute Gasteiger partial charge is 0.125 e. The van der Waals surface area contributed by atoms with E-state index in [4.69, 9.17) is 0 Å². The molecule has 0 aliphatic carbocycles. The Morgan fingerprint density at radius 2 is 2.21 bits per heavy atom. The van der Waals surface area contributed by atoms with Crippen LogP contribution in [0.1, 0.15) is 51.6 Å². The average molecular weight is 261 g/mol. The molecule has 3 nitrogen and oxygen atoms in total. The van der Waals surface area contributed by atoms with Crippen LogP contribution in [0.5, 0.6) is 0 Å². The van der Waals surface area contributed by atoms with Gasteiger partial charge in [0.1, 0.15) is 5.82 Å². The molecule has 1 atom stereocenters. The highest BCUT2D eigenvalue weighted by molar-refractivity contribution is 5.36. The van der Waals surface area contributed by atoms with Crippen molar-refractivity contribution in [3.8, 4) is 0 Å². The van der Waals surface area contributed by atoms with E-state index in [0.29, 0.717) is 6.04 Å². The average Bonchev–Trinajstić information content (AvgIpc) is 2.40. The Hall–Kier alpha value is -1.09. The summed E-state index contributed by atoms with van der Waals surface area (Å²) in [4.78, 5) is 7.16. The minimum absolute atomic E-state index is 0.569. The molecule has 106 valence electrons. The fraction of sp³-hybridized carbons (Fsp3) is 0.688. The van der Waals surface area contributed by atoms with Gasteiger partial charge in [-0.1, -0.05) is 26.3 Å². The van der Waals surface area contributed by atoms with Gasteiger partial charge < -0.3 is 5.32 Å². The summed E-state index contributed by atoms with van der Waals surface area (Å²) in [7, 11) is 0. The molecular weight excluding hydrogens is 234 g/mol. The van der Waals surface area contributed by atoms with E-state index in [0.717, 1.165) is 18.3 Å². The molecule has 1 fully saturated rings. The van der Waals surface area contributed by atoms with Gasteiger partial charge in [0.05, 0.1) is 0 Å². The van der Waals surface area contributed by atoms with Crippen molar-refractivity contribution in [1.29, 1.82) is 0 Å². The predicted octanol–water partition coefficient (Wildman–Crippen LogP) is 3.70. The van der Waals surface area contributed by atoms with E-state index < -0.39 is 0 Å². The van der Waals surface area contributed by atoms with Crippen LogP contribution >= 0.6 is 0 Å². The third kappa shape index (κ3) is 3.93. The lowest BCUT2D eigenvalue weighted by atomic mass is 9.95. The minimum atomic E-state index is 0.569. The standard InChI is InChI=1S/C16H27N3/c1-4-17-16-9-8-14(11-18-16)15-7-5-6-10-19(15)12-13(2)3/h8-9,11,13,15H,4-7,10,12H2,1-3H3,(H,17,18). The molecule has 1 unspecified atom stereocenters. The number of nitrogens with one attached hydrogen (secondary N) is 1. The summed E-state index contributed by atoms with van der Waals surface area (Å²) in [5.74, 6) is 1.71. The molecule has 0 saturated carbocycles. The van der Waals surface area contributed by atoms with Gasteiger partial charge in [0.15, 0.2) is 0 Å². The van der Waals surface area contributed by atoms with Gasteiger partial charge >= 0.3 is 0 Å². The van der Waals surface area contributed by atoms with Crippen molar-refractivity contribution in [3.63, 3.8) is 0 Å². The summed E-state index contributed by atoms with van der Waals surface area (Å²) in [6.07, 6.45) is 6.01. The number of likely N-dealkylation sites (tertiary alicyclic amines) is 1. The Balaban J connectivity index is 2.08. The second-order valence-electron chi connectivity index (χ2n) is 5.91. The quantitative estimate of drug-likeness (QED) is 0.876. The molecule has 0 bridgehead atoms. The van der Waals surface area contributed by atoms with E-state index in [1.54, 1.807) is 0 Å². The van der Waals surface area contributed by atoms with Gasteiger partial charge in [-0.15, -0.1) is 0 Å². The van der Waals surface area contributed by atoms with Gasteiger partial charge in [0.2, 0.25) is 0 Å². The van der Waals surface area contributed by atoms with Crippen LogP contribution in [0.2, 0.25) is 0 Å². The monoisotopic (exact) mass is 261 g/mol. The zero-order valence-electron chi connectivity index (χ0n) is 12.5. The molecule has 1 aromatic rings. The largest absolute Gasteiger partial charge is 0.370 e. The maximum absolute atomic E-state index is 4.52. The summed E-state index contributed by atoms with van der Waals surface area (Å²) in [5.41, 5.74) is 1.38. The lowest BCUT2D eigenvalue weighted by Gasteiger charge is -2.37. The Labute approximate surface area is 117 Å². The van der Waals surface area contributed by atoms with Crippen LogP contribution in [0.3, 0.4) is 0 Å². The van der Waals surface area contributed by atoms with Gasteiger partial charge in [-0.05, 0) is 43.9 Å². The van der Waals surface area contributed by atoms with E-state index in [-0.39, 0.29) is 0 Å². The SMILES string of the molecule is CCNc1ccc(C2CCCCN2CC(C)C)cn1. The number of rotatable bonds is 5. The van der Waals surface area contributed by atoms with Crippen molar-refractivity contribution < 1.29 is 0 Å². The van der Waals surface area contributed by atoms with E-state index in [2.05, 4.69) is 54.3 Å². The zero-order chi connectivity index (χ0) is 13.7. The van der Waals surface area contributed by atoms with E-state index in [1.807, 2.05) is 0 Å².